The molecule has 9 heteroatoms. The van der Waals surface area contributed by atoms with Crippen LogP contribution in [0.1, 0.15) is 29.4 Å². The van der Waals surface area contributed by atoms with Crippen LogP contribution in [-0.4, -0.2) is 25.5 Å². The van der Waals surface area contributed by atoms with Crippen molar-refractivity contribution < 1.29 is 17.6 Å². The van der Waals surface area contributed by atoms with E-state index in [9.17, 15) is 17.6 Å². The molecule has 132 valence electrons. The Kier molecular flexibility index (Phi) is 3.78. The Labute approximate surface area is 145 Å². The fourth-order valence-corrected chi connectivity index (χ4v) is 2.87. The molecule has 1 aliphatic rings. The third-order valence-corrected chi connectivity index (χ3v) is 4.06. The molecule has 0 spiro atoms. The van der Waals surface area contributed by atoms with Crippen LogP contribution in [0.5, 0.6) is 0 Å². The number of fused-ring (bicyclic) bond motifs is 1. The molecule has 1 aliphatic heterocycles. The van der Waals surface area contributed by atoms with Gasteiger partial charge in [-0.15, -0.1) is 5.10 Å². The second kappa shape index (κ2) is 6.01. The molecule has 0 bridgehead atoms. The van der Waals surface area contributed by atoms with Gasteiger partial charge in [-0.25, -0.2) is 14.1 Å². The summed E-state index contributed by atoms with van der Waals surface area (Å²) in [6.45, 7) is 0. The number of hydrogen-bond acceptors (Lipinski definition) is 4. The van der Waals surface area contributed by atoms with Gasteiger partial charge < -0.3 is 0 Å². The third kappa shape index (κ3) is 2.85. The van der Waals surface area contributed by atoms with E-state index < -0.39 is 23.9 Å². The van der Waals surface area contributed by atoms with Gasteiger partial charge in [0, 0.05) is 24.4 Å². The maximum absolute atomic E-state index is 14.3. The summed E-state index contributed by atoms with van der Waals surface area (Å²) < 4.78 is 54.4. The molecule has 1 unspecified atom stereocenters. The number of nitrogens with zero attached hydrogens (tertiary/aromatic N) is 5. The Balaban J connectivity index is 1.88. The molecule has 26 heavy (non-hydrogen) atoms. The van der Waals surface area contributed by atoms with Crippen molar-refractivity contribution in [2.45, 2.75) is 18.6 Å². The lowest BCUT2D eigenvalue weighted by Crippen LogP contribution is -2.22. The average Bonchev–Trinajstić information content (AvgIpc) is 3.07. The second-order valence-corrected chi connectivity index (χ2v) is 5.71. The van der Waals surface area contributed by atoms with E-state index in [4.69, 9.17) is 0 Å². The molecule has 1 atom stereocenters. The molecule has 3 heterocycles. The van der Waals surface area contributed by atoms with Gasteiger partial charge in [-0.1, -0.05) is 18.2 Å². The van der Waals surface area contributed by atoms with E-state index in [1.807, 2.05) is 0 Å². The summed E-state index contributed by atoms with van der Waals surface area (Å²) in [5.41, 5.74) is 1.41. The van der Waals surface area contributed by atoms with E-state index in [2.05, 4.69) is 20.1 Å². The molecule has 4 rings (SSSR count). The smallest absolute Gasteiger partial charge is 0.265 e. The summed E-state index contributed by atoms with van der Waals surface area (Å²) in [4.78, 5) is 11.6. The fourth-order valence-electron chi connectivity index (χ4n) is 2.87. The SMILES string of the molecule is Fc1ccccc1C1CC(c2ccncc2)=Nc2nc(C(F)(F)F)nn21. The molecular weight excluding hydrogens is 350 g/mol. The molecule has 0 radical (unpaired) electrons. The number of pyridine rings is 1. The molecule has 3 aromatic rings. The zero-order valence-electron chi connectivity index (χ0n) is 13.2. The maximum Gasteiger partial charge on any atom is 0.453 e. The van der Waals surface area contributed by atoms with Crippen LogP contribution in [0.25, 0.3) is 0 Å². The summed E-state index contributed by atoms with van der Waals surface area (Å²) in [5.74, 6) is -2.03. The molecular formula is C17H11F4N5. The molecule has 0 saturated heterocycles. The van der Waals surface area contributed by atoms with E-state index in [0.29, 0.717) is 11.3 Å². The van der Waals surface area contributed by atoms with Crippen LogP contribution in [0.4, 0.5) is 23.5 Å². The lowest BCUT2D eigenvalue weighted by Gasteiger charge is -2.24. The first-order chi connectivity index (χ1) is 12.4. The van der Waals surface area contributed by atoms with E-state index in [0.717, 1.165) is 4.68 Å². The van der Waals surface area contributed by atoms with Crippen molar-refractivity contribution in [2.24, 2.45) is 4.99 Å². The van der Waals surface area contributed by atoms with Crippen LogP contribution < -0.4 is 0 Å². The van der Waals surface area contributed by atoms with Crippen LogP contribution in [-0.2, 0) is 6.18 Å². The monoisotopic (exact) mass is 361 g/mol. The van der Waals surface area contributed by atoms with Crippen molar-refractivity contribution in [3.05, 3.63) is 71.6 Å². The van der Waals surface area contributed by atoms with Crippen molar-refractivity contribution >= 4 is 11.7 Å². The van der Waals surface area contributed by atoms with E-state index in [1.54, 1.807) is 30.6 Å². The van der Waals surface area contributed by atoms with Gasteiger partial charge in [-0.2, -0.15) is 18.2 Å². The number of rotatable bonds is 2. The van der Waals surface area contributed by atoms with Crippen LogP contribution in [0.2, 0.25) is 0 Å². The third-order valence-electron chi connectivity index (χ3n) is 4.06. The first-order valence-electron chi connectivity index (χ1n) is 7.69. The van der Waals surface area contributed by atoms with Gasteiger partial charge in [-0.3, -0.25) is 4.98 Å². The first-order valence-corrected chi connectivity index (χ1v) is 7.69. The van der Waals surface area contributed by atoms with E-state index in [1.165, 1.54) is 18.2 Å². The highest BCUT2D eigenvalue weighted by Gasteiger charge is 2.39. The lowest BCUT2D eigenvalue weighted by atomic mass is 9.96. The summed E-state index contributed by atoms with van der Waals surface area (Å²) in [6.07, 6.45) is -1.43. The van der Waals surface area contributed by atoms with E-state index >= 15 is 0 Å². The molecule has 0 aliphatic carbocycles. The van der Waals surface area contributed by atoms with Crippen LogP contribution in [0.3, 0.4) is 0 Å². The number of aliphatic imine (C=N–C) groups is 1. The lowest BCUT2D eigenvalue weighted by molar-refractivity contribution is -0.145. The Morgan fingerprint density at radius 1 is 1.04 bits per heavy atom. The highest BCUT2D eigenvalue weighted by molar-refractivity contribution is 6.02. The molecule has 5 nitrogen and oxygen atoms in total. The average molecular weight is 361 g/mol. The second-order valence-electron chi connectivity index (χ2n) is 5.71. The number of halogens is 4. The largest absolute Gasteiger partial charge is 0.453 e. The summed E-state index contributed by atoms with van der Waals surface area (Å²) in [6, 6.07) is 8.51. The van der Waals surface area contributed by atoms with Crippen LogP contribution >= 0.6 is 0 Å². The first kappa shape index (κ1) is 16.4. The van der Waals surface area contributed by atoms with Crippen molar-refractivity contribution in [3.63, 3.8) is 0 Å². The van der Waals surface area contributed by atoms with Gasteiger partial charge >= 0.3 is 6.18 Å². The van der Waals surface area contributed by atoms with Gasteiger partial charge in [0.25, 0.3) is 5.82 Å². The minimum atomic E-state index is -4.71. The Bertz CT molecular complexity index is 978. The highest BCUT2D eigenvalue weighted by atomic mass is 19.4. The summed E-state index contributed by atoms with van der Waals surface area (Å²) >= 11 is 0. The van der Waals surface area contributed by atoms with Crippen LogP contribution in [0, 0.1) is 5.82 Å². The van der Waals surface area contributed by atoms with Crippen molar-refractivity contribution in [1.29, 1.82) is 0 Å². The van der Waals surface area contributed by atoms with Crippen molar-refractivity contribution in [1.82, 2.24) is 19.7 Å². The zero-order valence-corrected chi connectivity index (χ0v) is 13.2. The topological polar surface area (TPSA) is 56.0 Å². The molecule has 0 saturated carbocycles. The maximum atomic E-state index is 14.3. The molecule has 0 fully saturated rings. The molecule has 2 aromatic heterocycles. The minimum absolute atomic E-state index is 0.179. The van der Waals surface area contributed by atoms with Crippen molar-refractivity contribution in [2.75, 3.05) is 0 Å². The number of benzene rings is 1. The number of aromatic nitrogens is 4. The van der Waals surface area contributed by atoms with Gasteiger partial charge in [-0.05, 0) is 23.8 Å². The Hall–Kier alpha value is -3.10. The quantitative estimate of drug-likeness (QED) is 0.650. The van der Waals surface area contributed by atoms with Gasteiger partial charge in [0.2, 0.25) is 5.95 Å². The zero-order chi connectivity index (χ0) is 18.3. The highest BCUT2D eigenvalue weighted by Crippen LogP contribution is 2.36. The number of hydrogen-bond donors (Lipinski definition) is 0. The normalized spacial score (nSPS) is 16.9. The molecule has 0 N–H and O–H groups in total. The molecule has 0 amide bonds. The Morgan fingerprint density at radius 2 is 1.77 bits per heavy atom. The van der Waals surface area contributed by atoms with Gasteiger partial charge in [0.1, 0.15) is 5.82 Å². The van der Waals surface area contributed by atoms with E-state index in [-0.39, 0.29) is 17.9 Å². The Morgan fingerprint density at radius 3 is 2.46 bits per heavy atom. The number of alkyl halides is 3. The summed E-state index contributed by atoms with van der Waals surface area (Å²) in [5, 5.41) is 3.54. The van der Waals surface area contributed by atoms with Crippen LogP contribution in [0.15, 0.2) is 53.8 Å². The van der Waals surface area contributed by atoms with Gasteiger partial charge in [0.15, 0.2) is 0 Å². The summed E-state index contributed by atoms with van der Waals surface area (Å²) in [7, 11) is 0. The van der Waals surface area contributed by atoms with Crippen molar-refractivity contribution in [3.8, 4) is 0 Å². The predicted octanol–water partition coefficient (Wildman–Crippen LogP) is 3.94. The minimum Gasteiger partial charge on any atom is -0.265 e. The standard InChI is InChI=1S/C17H11F4N5/c18-12-4-2-1-3-11(12)14-9-13(10-5-7-22-8-6-10)23-16-24-15(17(19,20)21)25-26(14)16/h1-8,14H,9H2. The fraction of sp³-hybridized carbons (Fsp3) is 0.176. The van der Waals surface area contributed by atoms with Gasteiger partial charge in [0.05, 0.1) is 11.8 Å². The molecule has 1 aromatic carbocycles. The predicted molar refractivity (Wildman–Crippen MR) is 84.6 cm³/mol.